The lowest BCUT2D eigenvalue weighted by atomic mass is 10.1. The van der Waals surface area contributed by atoms with Crippen LogP contribution in [0.25, 0.3) is 0 Å². The molecule has 0 bridgehead atoms. The van der Waals surface area contributed by atoms with E-state index >= 15 is 0 Å². The van der Waals surface area contributed by atoms with Crippen molar-refractivity contribution < 1.29 is 23.0 Å². The highest BCUT2D eigenvalue weighted by molar-refractivity contribution is 7.10. The number of carbonyl (C=O) groups is 1. The van der Waals surface area contributed by atoms with Crippen molar-refractivity contribution in [1.29, 1.82) is 0 Å². The third-order valence-corrected chi connectivity index (χ3v) is 7.40. The molecule has 0 radical (unpaired) electrons. The first-order valence-corrected chi connectivity index (χ1v) is 14.8. The summed E-state index contributed by atoms with van der Waals surface area (Å²) in [6.45, 7) is 12.2. The molecular weight excluding hydrogens is 424 g/mol. The Hall–Kier alpha value is -1.77. The molecule has 0 atom stereocenters. The van der Waals surface area contributed by atoms with Gasteiger partial charge in [0, 0.05) is 56.8 Å². The van der Waals surface area contributed by atoms with E-state index in [9.17, 15) is 13.6 Å². The fourth-order valence-corrected chi connectivity index (χ4v) is 4.57. The molecule has 1 aromatic carbocycles. The maximum absolute atomic E-state index is 14.6. The van der Waals surface area contributed by atoms with Gasteiger partial charge in [-0.1, -0.05) is 19.6 Å². The zero-order chi connectivity index (χ0) is 22.3. The van der Waals surface area contributed by atoms with Gasteiger partial charge in [0.05, 0.1) is 5.56 Å². The van der Waals surface area contributed by atoms with Crippen molar-refractivity contribution in [2.45, 2.75) is 46.0 Å². The van der Waals surface area contributed by atoms with Crippen LogP contribution in [0, 0.1) is 11.6 Å². The first-order valence-electron chi connectivity index (χ1n) is 10.2. The van der Waals surface area contributed by atoms with Crippen molar-refractivity contribution >= 4 is 25.3 Å². The van der Waals surface area contributed by atoms with E-state index in [2.05, 4.69) is 19.6 Å². The number of nitrogens with zero attached hydrogens (tertiary/aromatic N) is 1. The summed E-state index contributed by atoms with van der Waals surface area (Å²) in [4.78, 5) is 15.2. The van der Waals surface area contributed by atoms with E-state index < -0.39 is 19.7 Å². The molecule has 0 aliphatic rings. The molecule has 0 N–H and O–H groups in total. The average molecular weight is 456 g/mol. The molecule has 30 heavy (non-hydrogen) atoms. The van der Waals surface area contributed by atoms with Crippen molar-refractivity contribution in [3.8, 4) is 5.75 Å². The molecule has 0 aliphatic heterocycles. The minimum absolute atomic E-state index is 0.0734. The van der Waals surface area contributed by atoms with E-state index in [0.717, 1.165) is 17.0 Å². The molecule has 2 aromatic rings. The topological polar surface area (TPSA) is 38.8 Å². The van der Waals surface area contributed by atoms with Crippen molar-refractivity contribution in [3.05, 3.63) is 51.2 Å². The quantitative estimate of drug-likeness (QED) is 0.245. The van der Waals surface area contributed by atoms with Gasteiger partial charge < -0.3 is 14.4 Å². The van der Waals surface area contributed by atoms with Crippen LogP contribution in [0.3, 0.4) is 0 Å². The molecule has 1 amide bonds. The van der Waals surface area contributed by atoms with Crippen molar-refractivity contribution in [3.63, 3.8) is 0 Å². The summed E-state index contributed by atoms with van der Waals surface area (Å²) in [5.41, 5.74) is 0.769. The van der Waals surface area contributed by atoms with Crippen LogP contribution in [-0.2, 0) is 11.2 Å². The Morgan fingerprint density at radius 1 is 1.17 bits per heavy atom. The zero-order valence-corrected chi connectivity index (χ0v) is 20.2. The predicted molar refractivity (Wildman–Crippen MR) is 120 cm³/mol. The highest BCUT2D eigenvalue weighted by Gasteiger charge is 2.21. The number of halogens is 2. The lowest BCUT2D eigenvalue weighted by Crippen LogP contribution is -2.30. The molecule has 0 saturated carbocycles. The summed E-state index contributed by atoms with van der Waals surface area (Å²) in [7, 11) is -1.23. The largest absolute Gasteiger partial charge is 0.467 e. The van der Waals surface area contributed by atoms with Crippen molar-refractivity contribution in [1.82, 2.24) is 4.90 Å². The van der Waals surface area contributed by atoms with Crippen LogP contribution < -0.4 is 4.74 Å². The summed E-state index contributed by atoms with van der Waals surface area (Å²) in [5, 5.41) is 1.81. The predicted octanol–water partition coefficient (Wildman–Crippen LogP) is 5.79. The third kappa shape index (κ3) is 6.89. The monoisotopic (exact) mass is 455 g/mol. The molecule has 166 valence electrons. The second-order valence-electron chi connectivity index (χ2n) is 8.26. The fraction of sp³-hybridized carbons (Fsp3) is 0.500. The first kappa shape index (κ1) is 24.5. The number of rotatable bonds is 11. The maximum Gasteiger partial charge on any atom is 0.254 e. The molecule has 2 rings (SSSR count). The first-order chi connectivity index (χ1) is 14.2. The van der Waals surface area contributed by atoms with Crippen molar-refractivity contribution in [2.24, 2.45) is 0 Å². The van der Waals surface area contributed by atoms with Crippen LogP contribution >= 0.6 is 11.3 Å². The molecule has 0 saturated heterocycles. The smallest absolute Gasteiger partial charge is 0.254 e. The highest BCUT2D eigenvalue weighted by Crippen LogP contribution is 2.30. The molecule has 8 heteroatoms. The van der Waals surface area contributed by atoms with Gasteiger partial charge in [-0.05, 0) is 31.3 Å². The lowest BCUT2D eigenvalue weighted by molar-refractivity contribution is 0.0211. The van der Waals surface area contributed by atoms with E-state index in [1.165, 1.54) is 17.4 Å². The summed E-state index contributed by atoms with van der Waals surface area (Å²) in [6, 6.07) is 4.74. The Labute approximate surface area is 182 Å². The number of benzene rings is 1. The van der Waals surface area contributed by atoms with Crippen LogP contribution in [0.2, 0.25) is 25.7 Å². The van der Waals surface area contributed by atoms with Gasteiger partial charge in [-0.25, -0.2) is 8.78 Å². The Morgan fingerprint density at radius 2 is 1.87 bits per heavy atom. The summed E-state index contributed by atoms with van der Waals surface area (Å²) < 4.78 is 39.5. The number of carbonyl (C=O) groups excluding carboxylic acids is 1. The van der Waals surface area contributed by atoms with E-state index in [-0.39, 0.29) is 30.4 Å². The van der Waals surface area contributed by atoms with Gasteiger partial charge in [-0.3, -0.25) is 4.79 Å². The third-order valence-electron chi connectivity index (χ3n) is 4.78. The molecule has 0 spiro atoms. The average Bonchev–Trinajstić information content (AvgIpc) is 3.12. The Kier molecular flexibility index (Phi) is 9.00. The van der Waals surface area contributed by atoms with Gasteiger partial charge in [-0.2, -0.15) is 0 Å². The van der Waals surface area contributed by atoms with Gasteiger partial charge >= 0.3 is 0 Å². The zero-order valence-electron chi connectivity index (χ0n) is 18.4. The van der Waals surface area contributed by atoms with Crippen LogP contribution in [0.5, 0.6) is 5.75 Å². The van der Waals surface area contributed by atoms with Crippen LogP contribution in [0.15, 0.2) is 23.6 Å². The van der Waals surface area contributed by atoms with E-state index in [0.29, 0.717) is 25.3 Å². The van der Waals surface area contributed by atoms with E-state index in [1.54, 1.807) is 11.0 Å². The Morgan fingerprint density at radius 3 is 2.50 bits per heavy atom. The molecule has 0 aliphatic carbocycles. The van der Waals surface area contributed by atoms with Crippen LogP contribution in [0.4, 0.5) is 8.78 Å². The van der Waals surface area contributed by atoms with Gasteiger partial charge in [0.1, 0.15) is 17.4 Å². The normalized spacial score (nSPS) is 11.6. The number of amides is 1. The Bertz CT molecular complexity index is 847. The fourth-order valence-electron chi connectivity index (χ4n) is 2.93. The number of hydrogen-bond donors (Lipinski definition) is 0. The van der Waals surface area contributed by atoms with Crippen molar-refractivity contribution in [2.75, 3.05) is 26.5 Å². The number of thiophene rings is 1. The minimum atomic E-state index is -1.23. The molecule has 1 aromatic heterocycles. The summed E-state index contributed by atoms with van der Waals surface area (Å²) >= 11 is 1.38. The van der Waals surface area contributed by atoms with E-state index in [1.807, 2.05) is 19.2 Å². The molecule has 1 heterocycles. The van der Waals surface area contributed by atoms with Gasteiger partial charge in [-0.15, -0.1) is 11.3 Å². The minimum Gasteiger partial charge on any atom is -0.467 e. The summed E-state index contributed by atoms with van der Waals surface area (Å²) in [5.74, 6) is -1.38. The van der Waals surface area contributed by atoms with Crippen LogP contribution in [-0.4, -0.2) is 45.4 Å². The second-order valence-corrected chi connectivity index (χ2v) is 14.9. The maximum atomic E-state index is 14.6. The Balaban J connectivity index is 2.17. The summed E-state index contributed by atoms with van der Waals surface area (Å²) in [6.07, 6.45) is 0.149. The van der Waals surface area contributed by atoms with E-state index in [4.69, 9.17) is 9.47 Å². The van der Waals surface area contributed by atoms with Gasteiger partial charge in [0.15, 0.2) is 6.79 Å². The highest BCUT2D eigenvalue weighted by atomic mass is 32.1. The van der Waals surface area contributed by atoms with Gasteiger partial charge in [0.2, 0.25) is 0 Å². The molecule has 4 nitrogen and oxygen atoms in total. The molecular formula is C22H31F2NO3SSi. The van der Waals surface area contributed by atoms with Crippen LogP contribution in [0.1, 0.15) is 34.6 Å². The van der Waals surface area contributed by atoms with Gasteiger partial charge in [0.25, 0.3) is 5.91 Å². The SMILES string of the molecule is CCN(CC)C(=O)c1ccsc1Cc1c(F)cc(F)cc1OCOCC[Si](C)(C)C. The lowest BCUT2D eigenvalue weighted by Gasteiger charge is -2.19. The standard InChI is InChI=1S/C22H31F2NO3SSi/c1-6-25(7-2)22(26)17-8-10-29-21(17)14-18-19(24)12-16(23)13-20(18)28-15-27-9-11-30(3,4)5/h8,10,12-13H,6-7,9,11,14-15H2,1-5H3. The molecule has 0 unspecified atom stereocenters. The number of hydrogen-bond acceptors (Lipinski definition) is 4. The molecule has 0 fully saturated rings. The second kappa shape index (κ2) is 11.0. The number of ether oxygens (including phenoxy) is 2.